The molecule has 0 spiro atoms. The lowest BCUT2D eigenvalue weighted by molar-refractivity contribution is -0.116. The van der Waals surface area contributed by atoms with Gasteiger partial charge in [-0.1, -0.05) is 35.9 Å². The minimum Gasteiger partial charge on any atom is -0.326 e. The molecule has 0 aromatic heterocycles. The molecule has 2 N–H and O–H groups in total. The van der Waals surface area contributed by atoms with Gasteiger partial charge in [0, 0.05) is 30.2 Å². The van der Waals surface area contributed by atoms with Crippen molar-refractivity contribution in [2.45, 2.75) is 19.9 Å². The van der Waals surface area contributed by atoms with Crippen molar-refractivity contribution < 1.29 is 4.79 Å². The summed E-state index contributed by atoms with van der Waals surface area (Å²) in [5.74, 6) is 0.0178. The Bertz CT molecular complexity index is 596. The van der Waals surface area contributed by atoms with Crippen LogP contribution >= 0.6 is 11.6 Å². The van der Waals surface area contributed by atoms with E-state index >= 15 is 0 Å². The van der Waals surface area contributed by atoms with Crippen LogP contribution in [0.5, 0.6) is 0 Å². The van der Waals surface area contributed by atoms with Crippen LogP contribution < -0.4 is 10.6 Å². The van der Waals surface area contributed by atoms with Crippen LogP contribution in [0.2, 0.25) is 5.02 Å². The number of hydrogen-bond donors (Lipinski definition) is 2. The molecule has 0 radical (unpaired) electrons. The zero-order valence-corrected chi connectivity index (χ0v) is 12.8. The molecule has 0 fully saturated rings. The van der Waals surface area contributed by atoms with Gasteiger partial charge in [0.25, 0.3) is 0 Å². The lowest BCUT2D eigenvalue weighted by Crippen LogP contribution is -2.21. The van der Waals surface area contributed by atoms with Gasteiger partial charge in [0.2, 0.25) is 5.91 Å². The highest BCUT2D eigenvalue weighted by Crippen LogP contribution is 2.10. The first-order valence-corrected chi connectivity index (χ1v) is 7.33. The van der Waals surface area contributed by atoms with Crippen LogP contribution in [0, 0.1) is 6.92 Å². The van der Waals surface area contributed by atoms with Crippen LogP contribution in [0.3, 0.4) is 0 Å². The maximum Gasteiger partial charge on any atom is 0.225 e. The molecule has 0 heterocycles. The maximum absolute atomic E-state index is 11.8. The summed E-state index contributed by atoms with van der Waals surface area (Å²) in [6, 6.07) is 15.5. The summed E-state index contributed by atoms with van der Waals surface area (Å²) < 4.78 is 0. The Labute approximate surface area is 130 Å². The van der Waals surface area contributed by atoms with Crippen LogP contribution in [-0.2, 0) is 11.3 Å². The summed E-state index contributed by atoms with van der Waals surface area (Å²) in [4.78, 5) is 11.8. The number of nitrogens with one attached hydrogen (secondary N) is 2. The summed E-state index contributed by atoms with van der Waals surface area (Å²) in [7, 11) is 0. The summed E-state index contributed by atoms with van der Waals surface area (Å²) >= 11 is 5.83. The van der Waals surface area contributed by atoms with Crippen molar-refractivity contribution in [1.82, 2.24) is 5.32 Å². The molecule has 2 aromatic carbocycles. The second-order valence-corrected chi connectivity index (χ2v) is 5.41. The van der Waals surface area contributed by atoms with E-state index in [4.69, 9.17) is 11.6 Å². The molecule has 2 rings (SSSR count). The first-order valence-electron chi connectivity index (χ1n) is 6.95. The van der Waals surface area contributed by atoms with E-state index < -0.39 is 0 Å². The van der Waals surface area contributed by atoms with E-state index in [1.807, 2.05) is 55.5 Å². The van der Waals surface area contributed by atoms with E-state index in [0.717, 1.165) is 28.4 Å². The van der Waals surface area contributed by atoms with Gasteiger partial charge in [0.05, 0.1) is 0 Å². The predicted molar refractivity (Wildman–Crippen MR) is 87.6 cm³/mol. The van der Waals surface area contributed by atoms with Gasteiger partial charge in [-0.3, -0.25) is 4.79 Å². The normalized spacial score (nSPS) is 10.4. The Balaban J connectivity index is 1.68. The predicted octanol–water partition coefficient (Wildman–Crippen LogP) is 3.77. The molecule has 1 amide bonds. The van der Waals surface area contributed by atoms with Gasteiger partial charge in [-0.05, 0) is 42.3 Å². The topological polar surface area (TPSA) is 41.1 Å². The van der Waals surface area contributed by atoms with Gasteiger partial charge in [0.1, 0.15) is 0 Å². The van der Waals surface area contributed by atoms with Crippen molar-refractivity contribution in [3.63, 3.8) is 0 Å². The quantitative estimate of drug-likeness (QED) is 0.798. The van der Waals surface area contributed by atoms with Crippen molar-refractivity contribution in [1.29, 1.82) is 0 Å². The SMILES string of the molecule is Cc1cccc(NC(=O)CCNCc2ccc(Cl)cc2)c1. The van der Waals surface area contributed by atoms with Crippen molar-refractivity contribution >= 4 is 23.2 Å². The molecule has 3 nitrogen and oxygen atoms in total. The van der Waals surface area contributed by atoms with Gasteiger partial charge < -0.3 is 10.6 Å². The van der Waals surface area contributed by atoms with Gasteiger partial charge in [-0.15, -0.1) is 0 Å². The first kappa shape index (κ1) is 15.5. The third-order valence-corrected chi connectivity index (χ3v) is 3.33. The Morgan fingerprint density at radius 3 is 2.62 bits per heavy atom. The fraction of sp³-hybridized carbons (Fsp3) is 0.235. The monoisotopic (exact) mass is 302 g/mol. The van der Waals surface area contributed by atoms with Crippen LogP contribution in [0.25, 0.3) is 0 Å². The van der Waals surface area contributed by atoms with E-state index in [0.29, 0.717) is 13.0 Å². The highest BCUT2D eigenvalue weighted by Gasteiger charge is 2.02. The van der Waals surface area contributed by atoms with Gasteiger partial charge in [-0.25, -0.2) is 0 Å². The van der Waals surface area contributed by atoms with E-state index in [-0.39, 0.29) is 5.91 Å². The van der Waals surface area contributed by atoms with Crippen LogP contribution in [0.4, 0.5) is 5.69 Å². The Kier molecular flexibility index (Phi) is 5.78. The number of anilines is 1. The summed E-state index contributed by atoms with van der Waals surface area (Å²) in [5.41, 5.74) is 3.13. The molecule has 0 atom stereocenters. The summed E-state index contributed by atoms with van der Waals surface area (Å²) in [5, 5.41) is 6.87. The summed E-state index contributed by atoms with van der Waals surface area (Å²) in [6.45, 7) is 3.37. The first-order chi connectivity index (χ1) is 10.1. The second kappa shape index (κ2) is 7.81. The third-order valence-electron chi connectivity index (χ3n) is 3.07. The highest BCUT2D eigenvalue weighted by molar-refractivity contribution is 6.30. The Morgan fingerprint density at radius 1 is 1.14 bits per heavy atom. The van der Waals surface area contributed by atoms with Crippen LogP contribution in [0.15, 0.2) is 48.5 Å². The molecule has 4 heteroatoms. The van der Waals surface area contributed by atoms with Crippen molar-refractivity contribution in [2.75, 3.05) is 11.9 Å². The van der Waals surface area contributed by atoms with E-state index in [9.17, 15) is 4.79 Å². The van der Waals surface area contributed by atoms with E-state index in [2.05, 4.69) is 10.6 Å². The third kappa shape index (κ3) is 5.58. The molecule has 0 aliphatic carbocycles. The number of rotatable bonds is 6. The molecule has 0 aliphatic heterocycles. The molecular formula is C17H19ClN2O. The Morgan fingerprint density at radius 2 is 1.90 bits per heavy atom. The zero-order chi connectivity index (χ0) is 15.1. The molecule has 2 aromatic rings. The maximum atomic E-state index is 11.8. The molecule has 0 saturated carbocycles. The van der Waals surface area contributed by atoms with E-state index in [1.54, 1.807) is 0 Å². The molecule has 0 saturated heterocycles. The fourth-order valence-electron chi connectivity index (χ4n) is 1.98. The zero-order valence-electron chi connectivity index (χ0n) is 12.0. The molecule has 0 bridgehead atoms. The smallest absolute Gasteiger partial charge is 0.225 e. The largest absolute Gasteiger partial charge is 0.326 e. The minimum absolute atomic E-state index is 0.0178. The van der Waals surface area contributed by atoms with Crippen LogP contribution in [0.1, 0.15) is 17.5 Å². The molecule has 0 unspecified atom stereocenters. The number of amides is 1. The van der Waals surface area contributed by atoms with E-state index in [1.165, 1.54) is 0 Å². The van der Waals surface area contributed by atoms with Crippen molar-refractivity contribution in [2.24, 2.45) is 0 Å². The number of hydrogen-bond acceptors (Lipinski definition) is 2. The average Bonchev–Trinajstić information content (AvgIpc) is 2.45. The minimum atomic E-state index is 0.0178. The van der Waals surface area contributed by atoms with Crippen molar-refractivity contribution in [3.8, 4) is 0 Å². The summed E-state index contributed by atoms with van der Waals surface area (Å²) in [6.07, 6.45) is 0.446. The lowest BCUT2D eigenvalue weighted by Gasteiger charge is -2.07. The van der Waals surface area contributed by atoms with Crippen LogP contribution in [-0.4, -0.2) is 12.5 Å². The lowest BCUT2D eigenvalue weighted by atomic mass is 10.2. The standard InChI is InChI=1S/C17H19ClN2O/c1-13-3-2-4-16(11-13)20-17(21)9-10-19-12-14-5-7-15(18)8-6-14/h2-8,11,19H,9-10,12H2,1H3,(H,20,21). The Hall–Kier alpha value is -1.84. The number of carbonyl (C=O) groups is 1. The van der Waals surface area contributed by atoms with Gasteiger partial charge in [0.15, 0.2) is 0 Å². The second-order valence-electron chi connectivity index (χ2n) is 4.97. The number of carbonyl (C=O) groups excluding carboxylic acids is 1. The molecular weight excluding hydrogens is 284 g/mol. The molecule has 21 heavy (non-hydrogen) atoms. The fourth-order valence-corrected chi connectivity index (χ4v) is 2.11. The molecule has 110 valence electrons. The average molecular weight is 303 g/mol. The van der Waals surface area contributed by atoms with Gasteiger partial charge in [-0.2, -0.15) is 0 Å². The number of benzene rings is 2. The number of halogens is 1. The highest BCUT2D eigenvalue weighted by atomic mass is 35.5. The van der Waals surface area contributed by atoms with Crippen molar-refractivity contribution in [3.05, 3.63) is 64.7 Å². The van der Waals surface area contributed by atoms with Gasteiger partial charge >= 0.3 is 0 Å². The number of aryl methyl sites for hydroxylation is 1. The molecule has 0 aliphatic rings.